The van der Waals surface area contributed by atoms with E-state index in [1.807, 2.05) is 49.4 Å². The number of aryl methyl sites for hydroxylation is 1. The lowest BCUT2D eigenvalue weighted by Crippen LogP contribution is -2.10. The zero-order valence-electron chi connectivity index (χ0n) is 13.6. The fourth-order valence-corrected chi connectivity index (χ4v) is 2.43. The summed E-state index contributed by atoms with van der Waals surface area (Å²) in [6.07, 6.45) is 3.03. The summed E-state index contributed by atoms with van der Waals surface area (Å²) >= 11 is 3.39. The van der Waals surface area contributed by atoms with Crippen molar-refractivity contribution >= 4 is 28.0 Å². The van der Waals surface area contributed by atoms with Crippen molar-refractivity contribution in [2.75, 3.05) is 20.3 Å². The normalized spacial score (nSPS) is 10.6. The number of benzene rings is 2. The van der Waals surface area contributed by atoms with Crippen molar-refractivity contribution in [1.29, 1.82) is 0 Å². The maximum atomic E-state index is 11.8. The van der Waals surface area contributed by atoms with E-state index in [2.05, 4.69) is 15.9 Å². The zero-order valence-corrected chi connectivity index (χ0v) is 15.2. The van der Waals surface area contributed by atoms with Gasteiger partial charge in [0.05, 0.1) is 7.11 Å². The first kappa shape index (κ1) is 18.1. The molecule has 0 saturated carbocycles. The van der Waals surface area contributed by atoms with Crippen molar-refractivity contribution in [3.05, 3.63) is 64.1 Å². The molecule has 0 bridgehead atoms. The van der Waals surface area contributed by atoms with Crippen LogP contribution in [0.25, 0.3) is 6.08 Å². The van der Waals surface area contributed by atoms with Gasteiger partial charge in [-0.25, -0.2) is 4.79 Å². The molecule has 0 amide bonds. The predicted octanol–water partition coefficient (Wildman–Crippen LogP) is 4.40. The Morgan fingerprint density at radius 1 is 1.12 bits per heavy atom. The van der Waals surface area contributed by atoms with Gasteiger partial charge in [-0.3, -0.25) is 0 Å². The maximum absolute atomic E-state index is 11.8. The summed E-state index contributed by atoms with van der Waals surface area (Å²) < 4.78 is 16.9. The van der Waals surface area contributed by atoms with Crippen molar-refractivity contribution in [1.82, 2.24) is 0 Å². The van der Waals surface area contributed by atoms with Crippen LogP contribution in [-0.4, -0.2) is 26.3 Å². The van der Waals surface area contributed by atoms with Crippen LogP contribution in [0.15, 0.2) is 53.0 Å². The van der Waals surface area contributed by atoms with Crippen LogP contribution in [-0.2, 0) is 9.53 Å². The molecule has 0 aliphatic rings. The Kier molecular flexibility index (Phi) is 6.88. The highest BCUT2D eigenvalue weighted by molar-refractivity contribution is 9.10. The number of methoxy groups -OCH3 is 1. The number of carbonyl (C=O) groups is 1. The van der Waals surface area contributed by atoms with E-state index in [4.69, 9.17) is 14.2 Å². The lowest BCUT2D eigenvalue weighted by atomic mass is 10.2. The molecule has 4 nitrogen and oxygen atoms in total. The van der Waals surface area contributed by atoms with E-state index in [0.717, 1.165) is 21.3 Å². The fraction of sp³-hybridized carbons (Fsp3) is 0.211. The average Bonchev–Trinajstić information content (AvgIpc) is 2.58. The minimum atomic E-state index is -0.426. The van der Waals surface area contributed by atoms with E-state index in [-0.39, 0.29) is 6.61 Å². The van der Waals surface area contributed by atoms with Crippen LogP contribution in [0.4, 0.5) is 0 Å². The molecule has 0 aliphatic carbocycles. The second-order valence-corrected chi connectivity index (χ2v) is 5.92. The monoisotopic (exact) mass is 390 g/mol. The van der Waals surface area contributed by atoms with Gasteiger partial charge < -0.3 is 14.2 Å². The highest BCUT2D eigenvalue weighted by atomic mass is 79.9. The lowest BCUT2D eigenvalue weighted by Gasteiger charge is -2.08. The number of ether oxygens (including phenoxy) is 3. The number of para-hydroxylation sites is 1. The molecule has 0 radical (unpaired) electrons. The molecule has 24 heavy (non-hydrogen) atoms. The Morgan fingerprint density at radius 3 is 2.67 bits per heavy atom. The zero-order chi connectivity index (χ0) is 17.4. The molecule has 0 aliphatic heterocycles. The molecule has 0 fully saturated rings. The van der Waals surface area contributed by atoms with Gasteiger partial charge in [0.1, 0.15) is 24.7 Å². The van der Waals surface area contributed by atoms with Gasteiger partial charge in [0.15, 0.2) is 0 Å². The molecular formula is C19H19BrO4. The number of esters is 1. The summed E-state index contributed by atoms with van der Waals surface area (Å²) in [6, 6.07) is 13.3. The van der Waals surface area contributed by atoms with Crippen molar-refractivity contribution in [2.45, 2.75) is 6.92 Å². The third kappa shape index (κ3) is 5.42. The standard InChI is InChI=1S/C19H19BrO4/c1-14-5-3-4-6-17(14)23-11-12-24-19(21)10-7-15-13-16(20)8-9-18(15)22-2/h3-10,13H,11-12H2,1-2H3/b10-7+. The largest absolute Gasteiger partial charge is 0.496 e. The van der Waals surface area contributed by atoms with Gasteiger partial charge in [-0.2, -0.15) is 0 Å². The van der Waals surface area contributed by atoms with Gasteiger partial charge in [-0.15, -0.1) is 0 Å². The summed E-state index contributed by atoms with van der Waals surface area (Å²) in [4.78, 5) is 11.8. The van der Waals surface area contributed by atoms with E-state index < -0.39 is 5.97 Å². The second-order valence-electron chi connectivity index (χ2n) is 5.00. The van der Waals surface area contributed by atoms with Crippen LogP contribution >= 0.6 is 15.9 Å². The van der Waals surface area contributed by atoms with E-state index in [1.54, 1.807) is 13.2 Å². The molecule has 5 heteroatoms. The molecule has 0 heterocycles. The van der Waals surface area contributed by atoms with E-state index in [9.17, 15) is 4.79 Å². The first-order valence-electron chi connectivity index (χ1n) is 7.47. The fourth-order valence-electron chi connectivity index (χ4n) is 2.05. The molecule has 0 unspecified atom stereocenters. The Morgan fingerprint density at radius 2 is 1.92 bits per heavy atom. The highest BCUT2D eigenvalue weighted by Crippen LogP contribution is 2.24. The SMILES string of the molecule is COc1ccc(Br)cc1/C=C/C(=O)OCCOc1ccccc1C. The lowest BCUT2D eigenvalue weighted by molar-refractivity contribution is -0.138. The third-order valence-corrected chi connectivity index (χ3v) is 3.76. The molecule has 2 rings (SSSR count). The van der Waals surface area contributed by atoms with Gasteiger partial charge in [0.25, 0.3) is 0 Å². The Hall–Kier alpha value is -2.27. The van der Waals surface area contributed by atoms with E-state index >= 15 is 0 Å². The number of halogens is 1. The van der Waals surface area contributed by atoms with Crippen molar-refractivity contribution < 1.29 is 19.0 Å². The maximum Gasteiger partial charge on any atom is 0.330 e. The van der Waals surface area contributed by atoms with Gasteiger partial charge in [-0.05, 0) is 42.8 Å². The summed E-state index contributed by atoms with van der Waals surface area (Å²) in [6.45, 7) is 2.47. The molecular weight excluding hydrogens is 372 g/mol. The quantitative estimate of drug-likeness (QED) is 0.399. The van der Waals surface area contributed by atoms with Crippen LogP contribution in [0.2, 0.25) is 0 Å². The van der Waals surface area contributed by atoms with Crippen LogP contribution in [0.1, 0.15) is 11.1 Å². The predicted molar refractivity (Wildman–Crippen MR) is 97.4 cm³/mol. The number of rotatable bonds is 7. The topological polar surface area (TPSA) is 44.8 Å². The van der Waals surface area contributed by atoms with E-state index in [1.165, 1.54) is 6.08 Å². The highest BCUT2D eigenvalue weighted by Gasteiger charge is 2.03. The number of carbonyl (C=O) groups excluding carboxylic acids is 1. The molecule has 0 atom stereocenters. The van der Waals surface area contributed by atoms with Gasteiger partial charge in [0.2, 0.25) is 0 Å². The molecule has 0 N–H and O–H groups in total. The number of hydrogen-bond acceptors (Lipinski definition) is 4. The summed E-state index contributed by atoms with van der Waals surface area (Å²) in [5, 5.41) is 0. The molecule has 2 aromatic carbocycles. The summed E-state index contributed by atoms with van der Waals surface area (Å²) in [5.74, 6) is 1.05. The molecule has 0 spiro atoms. The Bertz CT molecular complexity index is 725. The molecule has 0 aromatic heterocycles. The van der Waals surface area contributed by atoms with Crippen LogP contribution < -0.4 is 9.47 Å². The summed E-state index contributed by atoms with van der Waals surface area (Å²) in [5.41, 5.74) is 1.84. The summed E-state index contributed by atoms with van der Waals surface area (Å²) in [7, 11) is 1.59. The van der Waals surface area contributed by atoms with Crippen molar-refractivity contribution in [3.63, 3.8) is 0 Å². The first-order chi connectivity index (χ1) is 11.6. The van der Waals surface area contributed by atoms with Crippen molar-refractivity contribution in [2.24, 2.45) is 0 Å². The first-order valence-corrected chi connectivity index (χ1v) is 8.26. The third-order valence-electron chi connectivity index (χ3n) is 3.27. The Balaban J connectivity index is 1.81. The van der Waals surface area contributed by atoms with Gasteiger partial charge >= 0.3 is 5.97 Å². The average molecular weight is 391 g/mol. The smallest absolute Gasteiger partial charge is 0.330 e. The molecule has 2 aromatic rings. The molecule has 0 saturated heterocycles. The van der Waals surface area contributed by atoms with Crippen LogP contribution in [0.5, 0.6) is 11.5 Å². The van der Waals surface area contributed by atoms with Crippen LogP contribution in [0.3, 0.4) is 0 Å². The van der Waals surface area contributed by atoms with E-state index in [0.29, 0.717) is 12.4 Å². The minimum Gasteiger partial charge on any atom is -0.496 e. The number of hydrogen-bond donors (Lipinski definition) is 0. The Labute approximate surface area is 150 Å². The van der Waals surface area contributed by atoms with Gasteiger partial charge in [-0.1, -0.05) is 34.1 Å². The molecule has 126 valence electrons. The van der Waals surface area contributed by atoms with Crippen molar-refractivity contribution in [3.8, 4) is 11.5 Å². The second kappa shape index (κ2) is 9.13. The van der Waals surface area contributed by atoms with Gasteiger partial charge in [0, 0.05) is 16.1 Å². The van der Waals surface area contributed by atoms with Crippen LogP contribution in [0, 0.1) is 6.92 Å². The minimum absolute atomic E-state index is 0.188.